The first-order valence-electron chi connectivity index (χ1n) is 6.72. The molecule has 2 nitrogen and oxygen atoms in total. The van der Waals surface area contributed by atoms with Gasteiger partial charge in [-0.25, -0.2) is 0 Å². The maximum Gasteiger partial charge on any atom is 0.138 e. The molecule has 0 amide bonds. The van der Waals surface area contributed by atoms with Crippen molar-refractivity contribution in [3.8, 4) is 5.75 Å². The summed E-state index contributed by atoms with van der Waals surface area (Å²) in [7, 11) is 0. The van der Waals surface area contributed by atoms with Gasteiger partial charge in [-0.15, -0.1) is 0 Å². The molecule has 106 valence electrons. The molecule has 2 aromatic rings. The minimum Gasteiger partial charge on any atom is -0.487 e. The molecule has 0 saturated heterocycles. The normalized spacial score (nSPS) is 11.4. The predicted molar refractivity (Wildman–Crippen MR) is 86.3 cm³/mol. The average Bonchev–Trinajstić information content (AvgIpc) is 2.45. The third-order valence-electron chi connectivity index (χ3n) is 3.16. The molecule has 3 heteroatoms. The number of pyridine rings is 1. The van der Waals surface area contributed by atoms with Gasteiger partial charge in [0, 0.05) is 5.33 Å². The fraction of sp³-hybridized carbons (Fsp3) is 0.353. The summed E-state index contributed by atoms with van der Waals surface area (Å²) in [6.07, 6.45) is 1.76. The fourth-order valence-corrected chi connectivity index (χ4v) is 2.17. The van der Waals surface area contributed by atoms with Gasteiger partial charge in [0.25, 0.3) is 0 Å². The van der Waals surface area contributed by atoms with Crippen molar-refractivity contribution < 1.29 is 4.74 Å². The number of nitrogens with zero attached hydrogens (tertiary/aromatic N) is 1. The lowest BCUT2D eigenvalue weighted by atomic mass is 9.87. The second kappa shape index (κ2) is 6.40. The van der Waals surface area contributed by atoms with Crippen LogP contribution in [-0.2, 0) is 17.4 Å². The highest BCUT2D eigenvalue weighted by Crippen LogP contribution is 2.22. The van der Waals surface area contributed by atoms with Crippen molar-refractivity contribution in [1.82, 2.24) is 4.98 Å². The van der Waals surface area contributed by atoms with Crippen LogP contribution in [0.1, 0.15) is 37.6 Å². The first kappa shape index (κ1) is 15.0. The van der Waals surface area contributed by atoms with Gasteiger partial charge in [0.15, 0.2) is 0 Å². The monoisotopic (exact) mass is 333 g/mol. The third kappa shape index (κ3) is 4.07. The number of rotatable bonds is 4. The molecule has 0 N–H and O–H groups in total. The summed E-state index contributed by atoms with van der Waals surface area (Å²) in [5.74, 6) is 0.801. The van der Waals surface area contributed by atoms with Crippen LogP contribution in [0, 0.1) is 0 Å². The number of hydrogen-bond acceptors (Lipinski definition) is 2. The van der Waals surface area contributed by atoms with Crippen LogP contribution in [0.25, 0.3) is 0 Å². The number of aromatic nitrogens is 1. The van der Waals surface area contributed by atoms with Crippen molar-refractivity contribution in [2.24, 2.45) is 0 Å². The molecular weight excluding hydrogens is 314 g/mol. The van der Waals surface area contributed by atoms with Crippen LogP contribution in [-0.4, -0.2) is 4.98 Å². The molecule has 1 aromatic carbocycles. The van der Waals surface area contributed by atoms with Crippen molar-refractivity contribution >= 4 is 15.9 Å². The molecule has 2 rings (SSSR count). The van der Waals surface area contributed by atoms with Crippen LogP contribution in [0.15, 0.2) is 42.6 Å². The van der Waals surface area contributed by atoms with E-state index in [2.05, 4.69) is 66.0 Å². The maximum absolute atomic E-state index is 5.74. The van der Waals surface area contributed by atoms with Crippen molar-refractivity contribution in [2.45, 2.75) is 38.1 Å². The molecule has 0 aliphatic rings. The minimum atomic E-state index is 0.189. The Labute approximate surface area is 129 Å². The molecule has 1 heterocycles. The SMILES string of the molecule is CC(C)(C)c1ccc(COc2ccc(CBr)nc2)cc1. The maximum atomic E-state index is 5.74. The van der Waals surface area contributed by atoms with E-state index in [0.717, 1.165) is 16.8 Å². The molecule has 1 aromatic heterocycles. The molecule has 0 spiro atoms. The highest BCUT2D eigenvalue weighted by molar-refractivity contribution is 9.08. The highest BCUT2D eigenvalue weighted by atomic mass is 79.9. The zero-order valence-corrected chi connectivity index (χ0v) is 13.8. The topological polar surface area (TPSA) is 22.1 Å². The Bertz CT molecular complexity index is 541. The Morgan fingerprint density at radius 2 is 1.75 bits per heavy atom. The Morgan fingerprint density at radius 1 is 1.05 bits per heavy atom. The largest absolute Gasteiger partial charge is 0.487 e. The predicted octanol–water partition coefficient (Wildman–Crippen LogP) is 4.85. The molecule has 0 unspecified atom stereocenters. The minimum absolute atomic E-state index is 0.189. The molecule has 0 aliphatic carbocycles. The van der Waals surface area contributed by atoms with Crippen LogP contribution >= 0.6 is 15.9 Å². The number of hydrogen-bond donors (Lipinski definition) is 0. The van der Waals surface area contributed by atoms with Crippen molar-refractivity contribution in [2.75, 3.05) is 0 Å². The van der Waals surface area contributed by atoms with Gasteiger partial charge in [-0.2, -0.15) is 0 Å². The second-order valence-electron chi connectivity index (χ2n) is 5.85. The number of ether oxygens (including phenoxy) is 1. The quantitative estimate of drug-likeness (QED) is 0.746. The Kier molecular flexibility index (Phi) is 4.81. The van der Waals surface area contributed by atoms with E-state index in [0.29, 0.717) is 6.61 Å². The molecular formula is C17H20BrNO. The van der Waals surface area contributed by atoms with Crippen LogP contribution in [0.5, 0.6) is 5.75 Å². The van der Waals surface area contributed by atoms with Crippen molar-refractivity contribution in [3.05, 3.63) is 59.4 Å². The van der Waals surface area contributed by atoms with Gasteiger partial charge in [-0.1, -0.05) is 61.0 Å². The average molecular weight is 334 g/mol. The molecule has 0 fully saturated rings. The molecule has 0 radical (unpaired) electrons. The Morgan fingerprint density at radius 3 is 2.25 bits per heavy atom. The van der Waals surface area contributed by atoms with Gasteiger partial charge < -0.3 is 4.74 Å². The first-order valence-corrected chi connectivity index (χ1v) is 7.84. The van der Waals surface area contributed by atoms with E-state index in [9.17, 15) is 0 Å². The standard InChI is InChI=1S/C17H20BrNO/c1-17(2,3)14-6-4-13(5-7-14)12-20-16-9-8-15(10-18)19-11-16/h4-9,11H,10,12H2,1-3H3. The van der Waals surface area contributed by atoms with E-state index in [-0.39, 0.29) is 5.41 Å². The van der Waals surface area contributed by atoms with Crippen LogP contribution in [0.3, 0.4) is 0 Å². The molecule has 0 saturated carbocycles. The van der Waals surface area contributed by atoms with E-state index >= 15 is 0 Å². The number of benzene rings is 1. The van der Waals surface area contributed by atoms with Gasteiger partial charge in [0.2, 0.25) is 0 Å². The summed E-state index contributed by atoms with van der Waals surface area (Å²) in [4.78, 5) is 4.28. The van der Waals surface area contributed by atoms with Crippen LogP contribution in [0.4, 0.5) is 0 Å². The van der Waals surface area contributed by atoms with E-state index in [1.54, 1.807) is 6.20 Å². The molecule has 0 atom stereocenters. The lowest BCUT2D eigenvalue weighted by Gasteiger charge is -2.19. The third-order valence-corrected chi connectivity index (χ3v) is 3.73. The van der Waals surface area contributed by atoms with E-state index < -0.39 is 0 Å². The summed E-state index contributed by atoms with van der Waals surface area (Å²) in [6.45, 7) is 7.22. The molecule has 0 aliphatic heterocycles. The first-order chi connectivity index (χ1) is 9.49. The lowest BCUT2D eigenvalue weighted by Crippen LogP contribution is -2.10. The van der Waals surface area contributed by atoms with E-state index in [4.69, 9.17) is 4.74 Å². The zero-order chi connectivity index (χ0) is 14.6. The van der Waals surface area contributed by atoms with Gasteiger partial charge in [-0.05, 0) is 28.7 Å². The van der Waals surface area contributed by atoms with Crippen molar-refractivity contribution in [1.29, 1.82) is 0 Å². The van der Waals surface area contributed by atoms with Gasteiger partial charge >= 0.3 is 0 Å². The Balaban J connectivity index is 1.96. The van der Waals surface area contributed by atoms with Gasteiger partial charge in [0.1, 0.15) is 12.4 Å². The highest BCUT2D eigenvalue weighted by Gasteiger charge is 2.12. The Hall–Kier alpha value is -1.35. The summed E-state index contributed by atoms with van der Waals surface area (Å²) >= 11 is 3.38. The lowest BCUT2D eigenvalue weighted by molar-refractivity contribution is 0.305. The van der Waals surface area contributed by atoms with E-state index in [1.807, 2.05) is 12.1 Å². The summed E-state index contributed by atoms with van der Waals surface area (Å²) in [5, 5.41) is 0.765. The smallest absolute Gasteiger partial charge is 0.138 e. The molecule has 0 bridgehead atoms. The number of alkyl halides is 1. The number of halogens is 1. The van der Waals surface area contributed by atoms with Crippen LogP contribution < -0.4 is 4.74 Å². The van der Waals surface area contributed by atoms with Crippen LogP contribution in [0.2, 0.25) is 0 Å². The zero-order valence-electron chi connectivity index (χ0n) is 12.2. The summed E-state index contributed by atoms with van der Waals surface area (Å²) < 4.78 is 5.74. The van der Waals surface area contributed by atoms with Crippen molar-refractivity contribution in [3.63, 3.8) is 0 Å². The molecule has 20 heavy (non-hydrogen) atoms. The summed E-state index contributed by atoms with van der Waals surface area (Å²) in [5.41, 5.74) is 3.70. The second-order valence-corrected chi connectivity index (χ2v) is 6.42. The van der Waals surface area contributed by atoms with Gasteiger partial charge in [-0.3, -0.25) is 4.98 Å². The van der Waals surface area contributed by atoms with E-state index in [1.165, 1.54) is 11.1 Å². The van der Waals surface area contributed by atoms with Gasteiger partial charge in [0.05, 0.1) is 11.9 Å². The summed E-state index contributed by atoms with van der Waals surface area (Å²) in [6, 6.07) is 12.5. The fourth-order valence-electron chi connectivity index (χ4n) is 1.84.